The molecule has 2 aliphatic rings. The molecule has 0 spiro atoms. The van der Waals surface area contributed by atoms with Crippen LogP contribution < -0.4 is 4.90 Å². The van der Waals surface area contributed by atoms with Gasteiger partial charge in [-0.1, -0.05) is 18.2 Å². The van der Waals surface area contributed by atoms with E-state index in [2.05, 4.69) is 0 Å². The molecule has 2 fully saturated rings. The number of hydrogen-bond acceptors (Lipinski definition) is 5. The molecular weight excluding hydrogens is 314 g/mol. The molecule has 2 aromatic rings. The summed E-state index contributed by atoms with van der Waals surface area (Å²) in [6.07, 6.45) is -0.507. The third-order valence-electron chi connectivity index (χ3n) is 4.59. The number of hydrogen-bond donors (Lipinski definition) is 1. The van der Waals surface area contributed by atoms with E-state index >= 15 is 0 Å². The zero-order valence-electron chi connectivity index (χ0n) is 12.5. The van der Waals surface area contributed by atoms with Gasteiger partial charge in [-0.25, -0.2) is 9.69 Å². The van der Waals surface area contributed by atoms with Gasteiger partial charge in [0, 0.05) is 18.0 Å². The summed E-state index contributed by atoms with van der Waals surface area (Å²) in [6.45, 7) is 0.317. The molecule has 4 rings (SSSR count). The number of fused-ring (bicyclic) bond motifs is 2. The average molecular weight is 327 g/mol. The lowest BCUT2D eigenvalue weighted by molar-refractivity contribution is -0.383. The number of rotatable bonds is 2. The fourth-order valence-corrected chi connectivity index (χ4v) is 3.49. The summed E-state index contributed by atoms with van der Waals surface area (Å²) in [7, 11) is 0. The Morgan fingerprint density at radius 2 is 1.83 bits per heavy atom. The van der Waals surface area contributed by atoms with Gasteiger partial charge in [0.2, 0.25) is 0 Å². The van der Waals surface area contributed by atoms with E-state index in [9.17, 15) is 24.8 Å². The van der Waals surface area contributed by atoms with Gasteiger partial charge in [-0.05, 0) is 18.6 Å². The van der Waals surface area contributed by atoms with E-state index in [1.165, 1.54) is 17.0 Å². The first kappa shape index (κ1) is 14.6. The number of nitro benzene ring substituents is 1. The van der Waals surface area contributed by atoms with E-state index < -0.39 is 29.0 Å². The Morgan fingerprint density at radius 1 is 1.12 bits per heavy atom. The second-order valence-electron chi connectivity index (χ2n) is 5.86. The first-order valence-electron chi connectivity index (χ1n) is 7.49. The van der Waals surface area contributed by atoms with Gasteiger partial charge in [0.15, 0.2) is 0 Å². The minimum atomic E-state index is -0.879. The molecule has 122 valence electrons. The van der Waals surface area contributed by atoms with Gasteiger partial charge in [-0.3, -0.25) is 14.9 Å². The summed E-state index contributed by atoms with van der Waals surface area (Å²) in [6, 6.07) is 7.90. The van der Waals surface area contributed by atoms with Gasteiger partial charge in [0.25, 0.3) is 11.6 Å². The smallest absolute Gasteiger partial charge is 0.332 e. The molecule has 0 saturated carbocycles. The predicted octanol–water partition coefficient (Wildman–Crippen LogP) is 1.65. The summed E-state index contributed by atoms with van der Waals surface area (Å²) < 4.78 is 0. The minimum Gasteiger partial charge on any atom is -0.390 e. The van der Waals surface area contributed by atoms with Crippen LogP contribution in [0.3, 0.4) is 0 Å². The van der Waals surface area contributed by atoms with E-state index in [0.717, 1.165) is 4.90 Å². The number of carbonyl (C=O) groups excluding carboxylic acids is 2. The number of amides is 3. The number of non-ortho nitro benzene ring substituents is 1. The summed E-state index contributed by atoms with van der Waals surface area (Å²) >= 11 is 0. The maximum atomic E-state index is 12.6. The molecule has 2 heterocycles. The fourth-order valence-electron chi connectivity index (χ4n) is 3.49. The van der Waals surface area contributed by atoms with Crippen LogP contribution >= 0.6 is 0 Å². The Hall–Kier alpha value is -3.00. The standard InChI is InChI=1S/C16H13N3O5/c20-13-7-8-17-14(13)15(21)18(16(17)22)11-5-6-12(19(23)24)10-4-2-1-3-9(10)11/h1-6,13-14,20H,7-8H2/t13-,14+/m1/s1. The summed E-state index contributed by atoms with van der Waals surface area (Å²) in [4.78, 5) is 38.3. The highest BCUT2D eigenvalue weighted by Crippen LogP contribution is 2.38. The van der Waals surface area contributed by atoms with Crippen molar-refractivity contribution in [1.29, 1.82) is 0 Å². The van der Waals surface area contributed by atoms with Gasteiger partial charge >= 0.3 is 6.03 Å². The van der Waals surface area contributed by atoms with Gasteiger partial charge in [-0.2, -0.15) is 0 Å². The van der Waals surface area contributed by atoms with Crippen molar-refractivity contribution in [2.45, 2.75) is 18.6 Å². The Bertz CT molecular complexity index is 896. The van der Waals surface area contributed by atoms with E-state index in [0.29, 0.717) is 29.4 Å². The largest absolute Gasteiger partial charge is 0.390 e. The molecular formula is C16H13N3O5. The highest BCUT2D eigenvalue weighted by atomic mass is 16.6. The van der Waals surface area contributed by atoms with E-state index in [1.807, 2.05) is 0 Å². The number of nitrogens with zero attached hydrogens (tertiary/aromatic N) is 3. The number of urea groups is 1. The molecule has 0 radical (unpaired) electrons. The van der Waals surface area contributed by atoms with Crippen LogP contribution in [0.1, 0.15) is 6.42 Å². The van der Waals surface area contributed by atoms with Crippen molar-refractivity contribution in [3.8, 4) is 0 Å². The summed E-state index contributed by atoms with van der Waals surface area (Å²) in [5, 5.41) is 22.0. The van der Waals surface area contributed by atoms with Gasteiger partial charge in [-0.15, -0.1) is 0 Å². The second-order valence-corrected chi connectivity index (χ2v) is 5.86. The normalized spacial score (nSPS) is 23.2. The van der Waals surface area contributed by atoms with Crippen molar-refractivity contribution in [2.75, 3.05) is 11.4 Å². The van der Waals surface area contributed by atoms with Crippen molar-refractivity contribution in [3.63, 3.8) is 0 Å². The number of nitro groups is 1. The van der Waals surface area contributed by atoms with Crippen LogP contribution in [0.15, 0.2) is 36.4 Å². The Balaban J connectivity index is 1.89. The Kier molecular flexibility index (Phi) is 3.04. The molecule has 0 bridgehead atoms. The second kappa shape index (κ2) is 5.00. The van der Waals surface area contributed by atoms with Crippen molar-refractivity contribution < 1.29 is 19.6 Å². The Labute approximate surface area is 136 Å². The molecule has 0 unspecified atom stereocenters. The van der Waals surface area contributed by atoms with Crippen LogP contribution in [0.4, 0.5) is 16.2 Å². The molecule has 1 N–H and O–H groups in total. The number of imide groups is 1. The van der Waals surface area contributed by atoms with E-state index in [1.54, 1.807) is 24.3 Å². The molecule has 3 amide bonds. The molecule has 8 nitrogen and oxygen atoms in total. The average Bonchev–Trinajstić information content (AvgIpc) is 3.06. The lowest BCUT2D eigenvalue weighted by Gasteiger charge is -2.17. The first-order valence-corrected chi connectivity index (χ1v) is 7.49. The highest BCUT2D eigenvalue weighted by Gasteiger charge is 2.52. The van der Waals surface area contributed by atoms with Crippen LogP contribution in [0.2, 0.25) is 0 Å². The van der Waals surface area contributed by atoms with Gasteiger partial charge in [0.1, 0.15) is 6.04 Å². The first-order chi connectivity index (χ1) is 11.5. The SMILES string of the molecule is O=C1[C@@H]2[C@H](O)CCN2C(=O)N1c1ccc([N+](=O)[O-])c2ccccc12. The molecule has 2 aliphatic heterocycles. The number of aliphatic hydroxyl groups excluding tert-OH is 1. The summed E-state index contributed by atoms with van der Waals surface area (Å²) in [5.74, 6) is -0.496. The predicted molar refractivity (Wildman–Crippen MR) is 84.6 cm³/mol. The maximum Gasteiger partial charge on any atom is 0.332 e. The van der Waals surface area contributed by atoms with Crippen LogP contribution in [-0.4, -0.2) is 45.6 Å². The molecule has 2 saturated heterocycles. The van der Waals surface area contributed by atoms with Crippen molar-refractivity contribution >= 4 is 34.1 Å². The minimum absolute atomic E-state index is 0.0889. The Morgan fingerprint density at radius 3 is 2.50 bits per heavy atom. The lowest BCUT2D eigenvalue weighted by atomic mass is 10.1. The fraction of sp³-hybridized carbons (Fsp3) is 0.250. The van der Waals surface area contributed by atoms with Crippen LogP contribution in [0, 0.1) is 10.1 Å². The summed E-state index contributed by atoms with van der Waals surface area (Å²) in [5.41, 5.74) is 0.210. The number of carbonyl (C=O) groups is 2. The van der Waals surface area contributed by atoms with Crippen molar-refractivity contribution in [3.05, 3.63) is 46.5 Å². The highest BCUT2D eigenvalue weighted by molar-refractivity contribution is 6.25. The number of benzene rings is 2. The van der Waals surface area contributed by atoms with Gasteiger partial charge in [0.05, 0.1) is 22.1 Å². The van der Waals surface area contributed by atoms with Crippen LogP contribution in [0.25, 0.3) is 10.8 Å². The van der Waals surface area contributed by atoms with E-state index in [-0.39, 0.29) is 5.69 Å². The quantitative estimate of drug-likeness (QED) is 0.513. The van der Waals surface area contributed by atoms with Gasteiger partial charge < -0.3 is 10.0 Å². The number of anilines is 1. The van der Waals surface area contributed by atoms with Crippen LogP contribution in [-0.2, 0) is 4.79 Å². The molecule has 8 heteroatoms. The molecule has 2 atom stereocenters. The lowest BCUT2D eigenvalue weighted by Crippen LogP contribution is -2.36. The van der Waals surface area contributed by atoms with Crippen molar-refractivity contribution in [1.82, 2.24) is 4.90 Å². The molecule has 0 aromatic heterocycles. The zero-order valence-corrected chi connectivity index (χ0v) is 12.5. The third kappa shape index (κ3) is 1.83. The number of aliphatic hydroxyl groups is 1. The third-order valence-corrected chi connectivity index (χ3v) is 4.59. The molecule has 2 aromatic carbocycles. The monoisotopic (exact) mass is 327 g/mol. The molecule has 0 aliphatic carbocycles. The molecule has 24 heavy (non-hydrogen) atoms. The van der Waals surface area contributed by atoms with Crippen molar-refractivity contribution in [2.24, 2.45) is 0 Å². The van der Waals surface area contributed by atoms with Crippen LogP contribution in [0.5, 0.6) is 0 Å². The zero-order chi connectivity index (χ0) is 17.0. The maximum absolute atomic E-state index is 12.6. The van der Waals surface area contributed by atoms with E-state index in [4.69, 9.17) is 0 Å². The topological polar surface area (TPSA) is 104 Å².